The molecule has 0 nitrogen and oxygen atoms in total. The van der Waals surface area contributed by atoms with E-state index < -0.39 is 0 Å². The van der Waals surface area contributed by atoms with E-state index in [4.69, 9.17) is 0 Å². The van der Waals surface area contributed by atoms with Crippen LogP contribution in [0, 0.1) is 0 Å². The Morgan fingerprint density at radius 3 is 1.52 bits per heavy atom. The highest BCUT2D eigenvalue weighted by Gasteiger charge is 2.30. The average Bonchev–Trinajstić information content (AvgIpc) is 2.73. The normalized spacial score (nSPS) is 13.1. The van der Waals surface area contributed by atoms with Crippen LogP contribution in [0.3, 0.4) is 0 Å². The van der Waals surface area contributed by atoms with Crippen molar-refractivity contribution in [2.45, 2.75) is 31.6 Å². The number of hydrogen-bond donors (Lipinski definition) is 0. The minimum Gasteiger partial charge on any atom is -0.106 e. The molecule has 1 aliphatic carbocycles. The van der Waals surface area contributed by atoms with E-state index >= 15 is 0 Å². The molecule has 0 spiro atoms. The van der Waals surface area contributed by atoms with Gasteiger partial charge in [-0.15, -0.1) is 13.2 Å². The standard InChI is InChI=1S/C25H24.C2H4/c1-25(22-11-4-2-5-12-22,23-13-6-3-7-14-23)24-17-15-21(16-18-24)19-20-9-8-10-20;1-2/h2-7,11-19H,8-10H2,1H3;1-2H2. The van der Waals surface area contributed by atoms with E-state index in [2.05, 4.69) is 111 Å². The highest BCUT2D eigenvalue weighted by Crippen LogP contribution is 2.39. The van der Waals surface area contributed by atoms with Crippen LogP contribution in [-0.2, 0) is 5.41 Å². The van der Waals surface area contributed by atoms with E-state index in [-0.39, 0.29) is 5.41 Å². The summed E-state index contributed by atoms with van der Waals surface area (Å²) in [5, 5.41) is 0. The number of allylic oxidation sites excluding steroid dienone is 1. The first kappa shape index (κ1) is 18.9. The Kier molecular flexibility index (Phi) is 6.08. The summed E-state index contributed by atoms with van der Waals surface area (Å²) in [7, 11) is 0. The van der Waals surface area contributed by atoms with Crippen molar-refractivity contribution in [3.05, 3.63) is 126 Å². The molecule has 0 heteroatoms. The Labute approximate surface area is 163 Å². The van der Waals surface area contributed by atoms with Crippen molar-refractivity contribution in [1.29, 1.82) is 0 Å². The van der Waals surface area contributed by atoms with E-state index in [1.54, 1.807) is 5.57 Å². The van der Waals surface area contributed by atoms with Crippen molar-refractivity contribution in [3.63, 3.8) is 0 Å². The highest BCUT2D eigenvalue weighted by molar-refractivity contribution is 5.57. The molecule has 1 fully saturated rings. The topological polar surface area (TPSA) is 0 Å². The molecule has 0 aromatic heterocycles. The van der Waals surface area contributed by atoms with Crippen molar-refractivity contribution < 1.29 is 0 Å². The van der Waals surface area contributed by atoms with Crippen LogP contribution in [0.25, 0.3) is 6.08 Å². The molecule has 0 aliphatic heterocycles. The fourth-order valence-electron chi connectivity index (χ4n) is 3.72. The molecule has 0 amide bonds. The van der Waals surface area contributed by atoms with Gasteiger partial charge in [0.05, 0.1) is 0 Å². The van der Waals surface area contributed by atoms with Gasteiger partial charge in [-0.2, -0.15) is 0 Å². The minimum atomic E-state index is -0.148. The van der Waals surface area contributed by atoms with Crippen LogP contribution >= 0.6 is 0 Å². The molecule has 0 N–H and O–H groups in total. The molecule has 136 valence electrons. The molecule has 3 aromatic carbocycles. The Hall–Kier alpha value is -2.86. The maximum absolute atomic E-state index is 3.00. The summed E-state index contributed by atoms with van der Waals surface area (Å²) in [5.41, 5.74) is 6.74. The van der Waals surface area contributed by atoms with Gasteiger partial charge in [-0.25, -0.2) is 0 Å². The second kappa shape index (κ2) is 8.68. The second-order valence-corrected chi connectivity index (χ2v) is 7.14. The van der Waals surface area contributed by atoms with Gasteiger partial charge in [-0.3, -0.25) is 0 Å². The van der Waals surface area contributed by atoms with Crippen molar-refractivity contribution in [2.24, 2.45) is 0 Å². The molecule has 0 heterocycles. The van der Waals surface area contributed by atoms with Crippen LogP contribution in [0.2, 0.25) is 0 Å². The lowest BCUT2D eigenvalue weighted by molar-refractivity contribution is 0.670. The predicted molar refractivity (Wildman–Crippen MR) is 118 cm³/mol. The first-order valence-electron chi connectivity index (χ1n) is 9.68. The van der Waals surface area contributed by atoms with Crippen LogP contribution in [0.15, 0.2) is 104 Å². The molecule has 3 aromatic rings. The zero-order valence-corrected chi connectivity index (χ0v) is 16.2. The number of benzene rings is 3. The van der Waals surface area contributed by atoms with Gasteiger partial charge in [0.1, 0.15) is 0 Å². The van der Waals surface area contributed by atoms with Gasteiger partial charge in [0.25, 0.3) is 0 Å². The number of rotatable bonds is 4. The molecule has 0 radical (unpaired) electrons. The van der Waals surface area contributed by atoms with Crippen LogP contribution in [-0.4, -0.2) is 0 Å². The lowest BCUT2D eigenvalue weighted by Crippen LogP contribution is -2.25. The third kappa shape index (κ3) is 3.95. The van der Waals surface area contributed by atoms with E-state index in [1.807, 2.05) is 0 Å². The van der Waals surface area contributed by atoms with Crippen molar-refractivity contribution >= 4 is 6.08 Å². The van der Waals surface area contributed by atoms with Gasteiger partial charge in [0, 0.05) is 5.41 Å². The van der Waals surface area contributed by atoms with Crippen LogP contribution in [0.4, 0.5) is 0 Å². The molecule has 0 atom stereocenters. The lowest BCUT2D eigenvalue weighted by Gasteiger charge is -2.32. The summed E-state index contributed by atoms with van der Waals surface area (Å²) in [5.74, 6) is 0. The van der Waals surface area contributed by atoms with E-state index in [9.17, 15) is 0 Å². The summed E-state index contributed by atoms with van der Waals surface area (Å²) in [6.07, 6.45) is 6.25. The first-order chi connectivity index (χ1) is 13.3. The zero-order valence-electron chi connectivity index (χ0n) is 16.2. The largest absolute Gasteiger partial charge is 0.106 e. The third-order valence-electron chi connectivity index (χ3n) is 5.56. The zero-order chi connectivity index (χ0) is 19.1. The Morgan fingerprint density at radius 1 is 0.667 bits per heavy atom. The predicted octanol–water partition coefficient (Wildman–Crippen LogP) is 7.41. The van der Waals surface area contributed by atoms with Crippen LogP contribution < -0.4 is 0 Å². The van der Waals surface area contributed by atoms with Crippen LogP contribution in [0.5, 0.6) is 0 Å². The molecular weight excluding hydrogens is 324 g/mol. The number of hydrogen-bond acceptors (Lipinski definition) is 0. The first-order valence-corrected chi connectivity index (χ1v) is 9.68. The smallest absolute Gasteiger partial charge is 0.0423 e. The van der Waals surface area contributed by atoms with Crippen molar-refractivity contribution in [3.8, 4) is 0 Å². The molecule has 0 saturated heterocycles. The summed E-state index contributed by atoms with van der Waals surface area (Å²) < 4.78 is 0. The molecule has 0 bridgehead atoms. The lowest BCUT2D eigenvalue weighted by atomic mass is 9.71. The summed E-state index contributed by atoms with van der Waals surface area (Å²) in [6.45, 7) is 8.33. The van der Waals surface area contributed by atoms with Gasteiger partial charge in [0.15, 0.2) is 0 Å². The molecular formula is C27H28. The maximum atomic E-state index is 3.00. The monoisotopic (exact) mass is 352 g/mol. The SMILES string of the molecule is C=C.CC(c1ccccc1)(c1ccccc1)c1ccc(C=C2CCC2)cc1. The van der Waals surface area contributed by atoms with Gasteiger partial charge in [-0.1, -0.05) is 96.6 Å². The summed E-state index contributed by atoms with van der Waals surface area (Å²) in [6, 6.07) is 30.8. The fourth-order valence-corrected chi connectivity index (χ4v) is 3.72. The Balaban J connectivity index is 0.00000102. The minimum absolute atomic E-state index is 0.148. The van der Waals surface area contributed by atoms with E-state index in [0.717, 1.165) is 0 Å². The van der Waals surface area contributed by atoms with Crippen molar-refractivity contribution in [1.82, 2.24) is 0 Å². The summed E-state index contributed by atoms with van der Waals surface area (Å²) >= 11 is 0. The molecule has 1 saturated carbocycles. The molecule has 0 unspecified atom stereocenters. The van der Waals surface area contributed by atoms with Gasteiger partial charge in [0.2, 0.25) is 0 Å². The Bertz CT molecular complexity index is 825. The summed E-state index contributed by atoms with van der Waals surface area (Å²) in [4.78, 5) is 0. The van der Waals surface area contributed by atoms with Gasteiger partial charge < -0.3 is 0 Å². The van der Waals surface area contributed by atoms with Gasteiger partial charge in [-0.05, 0) is 48.4 Å². The van der Waals surface area contributed by atoms with Crippen molar-refractivity contribution in [2.75, 3.05) is 0 Å². The fraction of sp³-hybridized carbons (Fsp3) is 0.185. The quantitative estimate of drug-likeness (QED) is 0.339. The van der Waals surface area contributed by atoms with Gasteiger partial charge >= 0.3 is 0 Å². The van der Waals surface area contributed by atoms with E-state index in [0.29, 0.717) is 0 Å². The third-order valence-corrected chi connectivity index (χ3v) is 5.56. The van der Waals surface area contributed by atoms with E-state index in [1.165, 1.54) is 41.5 Å². The molecule has 4 rings (SSSR count). The molecule has 1 aliphatic rings. The maximum Gasteiger partial charge on any atom is 0.0423 e. The average molecular weight is 353 g/mol. The molecule has 27 heavy (non-hydrogen) atoms. The Morgan fingerprint density at radius 2 is 1.11 bits per heavy atom. The van der Waals surface area contributed by atoms with Crippen LogP contribution in [0.1, 0.15) is 48.4 Å². The second-order valence-electron chi connectivity index (χ2n) is 7.14. The highest BCUT2D eigenvalue weighted by atomic mass is 14.3.